The zero-order chi connectivity index (χ0) is 20.2. The van der Waals surface area contributed by atoms with Crippen molar-refractivity contribution in [2.45, 2.75) is 45.6 Å². The van der Waals surface area contributed by atoms with Crippen molar-refractivity contribution in [3.05, 3.63) is 35.9 Å². The van der Waals surface area contributed by atoms with Crippen molar-refractivity contribution in [2.75, 3.05) is 12.8 Å². The van der Waals surface area contributed by atoms with Gasteiger partial charge in [0, 0.05) is 6.54 Å². The molecule has 2 unspecified atom stereocenters. The van der Waals surface area contributed by atoms with Gasteiger partial charge in [-0.05, 0) is 17.4 Å². The SMILES string of the molecule is CCC(CNC(=O)C(NS(C)(=O)=O)C(C)(C)C)(C(=O)O)c1ccccc1. The van der Waals surface area contributed by atoms with E-state index in [-0.39, 0.29) is 13.0 Å². The van der Waals surface area contributed by atoms with Crippen LogP contribution in [0.15, 0.2) is 30.3 Å². The highest BCUT2D eigenvalue weighted by Crippen LogP contribution is 2.28. The second-order valence-corrected chi connectivity index (χ2v) is 9.29. The Morgan fingerprint density at radius 3 is 2.08 bits per heavy atom. The quantitative estimate of drug-likeness (QED) is 0.629. The van der Waals surface area contributed by atoms with Crippen LogP contribution in [0.4, 0.5) is 0 Å². The first-order valence-corrected chi connectivity index (χ1v) is 10.3. The number of nitrogens with one attached hydrogen (secondary N) is 2. The third-order valence-electron chi connectivity index (χ3n) is 4.36. The van der Waals surface area contributed by atoms with Crippen LogP contribution in [-0.4, -0.2) is 44.2 Å². The van der Waals surface area contributed by atoms with E-state index < -0.39 is 38.8 Å². The zero-order valence-electron chi connectivity index (χ0n) is 15.9. The van der Waals surface area contributed by atoms with Crippen molar-refractivity contribution in [3.8, 4) is 0 Å². The first-order chi connectivity index (χ1) is 11.8. The molecule has 1 amide bonds. The van der Waals surface area contributed by atoms with Crippen LogP contribution < -0.4 is 10.0 Å². The van der Waals surface area contributed by atoms with Gasteiger partial charge in [0.05, 0.1) is 6.26 Å². The Morgan fingerprint density at radius 1 is 1.15 bits per heavy atom. The first kappa shape index (κ1) is 22.1. The summed E-state index contributed by atoms with van der Waals surface area (Å²) in [4.78, 5) is 24.7. The highest BCUT2D eigenvalue weighted by molar-refractivity contribution is 7.88. The van der Waals surface area contributed by atoms with Crippen LogP contribution in [0.2, 0.25) is 0 Å². The van der Waals surface area contributed by atoms with Crippen molar-refractivity contribution in [3.63, 3.8) is 0 Å². The van der Waals surface area contributed by atoms with E-state index in [1.165, 1.54) is 0 Å². The van der Waals surface area contributed by atoms with Gasteiger partial charge in [-0.15, -0.1) is 0 Å². The van der Waals surface area contributed by atoms with Gasteiger partial charge in [0.25, 0.3) is 0 Å². The lowest BCUT2D eigenvalue weighted by atomic mass is 9.77. The first-order valence-electron chi connectivity index (χ1n) is 8.37. The number of hydrogen-bond donors (Lipinski definition) is 3. The van der Waals surface area contributed by atoms with Gasteiger partial charge in [-0.3, -0.25) is 9.59 Å². The standard InChI is InChI=1S/C18H28N2O5S/c1-6-18(16(22)23,13-10-8-7-9-11-13)12-19-15(21)14(17(2,3)4)20-26(5,24)25/h7-11,14,20H,6,12H2,1-5H3,(H,19,21)(H,22,23). The van der Waals surface area contributed by atoms with Gasteiger partial charge in [0.2, 0.25) is 15.9 Å². The molecule has 0 aliphatic rings. The molecule has 0 bridgehead atoms. The summed E-state index contributed by atoms with van der Waals surface area (Å²) in [6.07, 6.45) is 1.25. The Morgan fingerprint density at radius 2 is 1.69 bits per heavy atom. The van der Waals surface area contributed by atoms with Crippen LogP contribution in [0, 0.1) is 5.41 Å². The van der Waals surface area contributed by atoms with E-state index in [9.17, 15) is 23.1 Å². The van der Waals surface area contributed by atoms with E-state index in [4.69, 9.17) is 0 Å². The largest absolute Gasteiger partial charge is 0.481 e. The zero-order valence-corrected chi connectivity index (χ0v) is 16.7. The van der Waals surface area contributed by atoms with Crippen LogP contribution in [0.3, 0.4) is 0 Å². The number of rotatable bonds is 8. The summed E-state index contributed by atoms with van der Waals surface area (Å²) in [5.41, 5.74) is -1.39. The molecule has 0 heterocycles. The molecule has 0 saturated carbocycles. The van der Waals surface area contributed by atoms with E-state index >= 15 is 0 Å². The Balaban J connectivity index is 3.11. The molecule has 1 rings (SSSR count). The maximum absolute atomic E-state index is 12.7. The van der Waals surface area contributed by atoms with E-state index in [1.807, 2.05) is 0 Å². The number of carboxylic acid groups (broad SMARTS) is 1. The minimum absolute atomic E-state index is 0.139. The minimum atomic E-state index is -3.61. The van der Waals surface area contributed by atoms with Gasteiger partial charge in [0.15, 0.2) is 0 Å². The number of aliphatic carboxylic acids is 1. The van der Waals surface area contributed by atoms with Crippen LogP contribution in [-0.2, 0) is 25.0 Å². The molecule has 26 heavy (non-hydrogen) atoms. The molecule has 7 nitrogen and oxygen atoms in total. The molecule has 2 atom stereocenters. The highest BCUT2D eigenvalue weighted by atomic mass is 32.2. The summed E-state index contributed by atoms with van der Waals surface area (Å²) in [6.45, 7) is 6.80. The smallest absolute Gasteiger partial charge is 0.315 e. The van der Waals surface area contributed by atoms with Crippen LogP contribution in [0.5, 0.6) is 0 Å². The maximum Gasteiger partial charge on any atom is 0.315 e. The molecule has 3 N–H and O–H groups in total. The summed E-state index contributed by atoms with van der Waals surface area (Å²) in [7, 11) is -3.61. The molecule has 0 aromatic heterocycles. The second kappa shape index (κ2) is 8.18. The molecule has 146 valence electrons. The molecule has 8 heteroatoms. The Bertz CT molecular complexity index is 741. The molecule has 0 radical (unpaired) electrons. The van der Waals surface area contributed by atoms with Crippen molar-refractivity contribution in [1.29, 1.82) is 0 Å². The molecular weight excluding hydrogens is 356 g/mol. The summed E-state index contributed by atoms with van der Waals surface area (Å²) in [6, 6.07) is 7.67. The lowest BCUT2D eigenvalue weighted by Crippen LogP contribution is -2.56. The lowest BCUT2D eigenvalue weighted by Gasteiger charge is -2.33. The molecular formula is C18H28N2O5S. The van der Waals surface area contributed by atoms with Crippen molar-refractivity contribution in [1.82, 2.24) is 10.0 Å². The van der Waals surface area contributed by atoms with Gasteiger partial charge >= 0.3 is 5.97 Å². The Hall–Kier alpha value is -1.93. The normalized spacial score (nSPS) is 15.7. The van der Waals surface area contributed by atoms with Gasteiger partial charge in [-0.2, -0.15) is 0 Å². The number of hydrogen-bond acceptors (Lipinski definition) is 4. The predicted octanol–water partition coefficient (Wildman–Crippen LogP) is 1.50. The fraction of sp³-hybridized carbons (Fsp3) is 0.556. The lowest BCUT2D eigenvalue weighted by molar-refractivity contribution is -0.144. The molecule has 1 aromatic carbocycles. The number of carboxylic acids is 1. The molecule has 0 saturated heterocycles. The summed E-state index contributed by atoms with van der Waals surface area (Å²) < 4.78 is 25.5. The van der Waals surface area contributed by atoms with E-state index in [2.05, 4.69) is 10.0 Å². The van der Waals surface area contributed by atoms with E-state index in [0.29, 0.717) is 5.56 Å². The van der Waals surface area contributed by atoms with E-state index in [0.717, 1.165) is 6.26 Å². The molecule has 1 aromatic rings. The Kier molecular flexibility index (Phi) is 6.95. The minimum Gasteiger partial charge on any atom is -0.481 e. The van der Waals surface area contributed by atoms with Crippen LogP contribution in [0.25, 0.3) is 0 Å². The van der Waals surface area contributed by atoms with Gasteiger partial charge in [-0.1, -0.05) is 58.0 Å². The van der Waals surface area contributed by atoms with Gasteiger partial charge in [0.1, 0.15) is 11.5 Å². The maximum atomic E-state index is 12.7. The van der Waals surface area contributed by atoms with Crippen molar-refractivity contribution in [2.24, 2.45) is 5.41 Å². The molecule has 0 aliphatic heterocycles. The average Bonchev–Trinajstić information content (AvgIpc) is 2.52. The Labute approximate surface area is 155 Å². The summed E-state index contributed by atoms with van der Waals surface area (Å²) in [5.74, 6) is -1.60. The number of carbonyl (C=O) groups excluding carboxylic acids is 1. The van der Waals surface area contributed by atoms with Crippen LogP contribution >= 0.6 is 0 Å². The number of sulfonamides is 1. The van der Waals surface area contributed by atoms with Crippen molar-refractivity contribution < 1.29 is 23.1 Å². The summed E-state index contributed by atoms with van der Waals surface area (Å²) >= 11 is 0. The summed E-state index contributed by atoms with van der Waals surface area (Å²) in [5, 5.41) is 12.4. The van der Waals surface area contributed by atoms with E-state index in [1.54, 1.807) is 58.0 Å². The molecule has 0 fully saturated rings. The molecule has 0 aliphatic carbocycles. The predicted molar refractivity (Wildman–Crippen MR) is 100 cm³/mol. The fourth-order valence-electron chi connectivity index (χ4n) is 2.72. The average molecular weight is 384 g/mol. The second-order valence-electron chi connectivity index (χ2n) is 7.51. The monoisotopic (exact) mass is 384 g/mol. The number of amides is 1. The third kappa shape index (κ3) is 5.54. The topological polar surface area (TPSA) is 113 Å². The molecule has 0 spiro atoms. The third-order valence-corrected chi connectivity index (χ3v) is 5.03. The number of benzene rings is 1. The van der Waals surface area contributed by atoms with Gasteiger partial charge in [-0.25, -0.2) is 13.1 Å². The van der Waals surface area contributed by atoms with Crippen LogP contribution in [0.1, 0.15) is 39.7 Å². The van der Waals surface area contributed by atoms with Gasteiger partial charge < -0.3 is 10.4 Å². The highest BCUT2D eigenvalue weighted by Gasteiger charge is 2.41. The van der Waals surface area contributed by atoms with Crippen molar-refractivity contribution >= 4 is 21.9 Å². The fourth-order valence-corrected chi connectivity index (χ4v) is 3.61. The number of carbonyl (C=O) groups is 2.